The zero-order valence-corrected chi connectivity index (χ0v) is 21.2. The van der Waals surface area contributed by atoms with Crippen molar-refractivity contribution in [3.8, 4) is 11.6 Å². The maximum atomic E-state index is 4.61. The van der Waals surface area contributed by atoms with E-state index in [4.69, 9.17) is 0 Å². The van der Waals surface area contributed by atoms with Crippen molar-refractivity contribution in [2.75, 3.05) is 14.1 Å². The van der Waals surface area contributed by atoms with E-state index in [1.807, 2.05) is 37.3 Å². The number of nitrogens with zero attached hydrogens (tertiary/aromatic N) is 1. The van der Waals surface area contributed by atoms with E-state index in [0.29, 0.717) is 6.04 Å². The summed E-state index contributed by atoms with van der Waals surface area (Å²) in [6.45, 7) is 4.08. The molecular formula is C25H27ClNPPt. The molecule has 0 aliphatic carbocycles. The summed E-state index contributed by atoms with van der Waals surface area (Å²) in [7, 11) is 8.25. The van der Waals surface area contributed by atoms with E-state index in [9.17, 15) is 0 Å². The van der Waals surface area contributed by atoms with Gasteiger partial charge in [-0.2, -0.15) is 30.3 Å². The molecule has 1 nitrogen and oxygen atoms in total. The molecule has 29 heavy (non-hydrogen) atoms. The van der Waals surface area contributed by atoms with Crippen LogP contribution in [0.2, 0.25) is 0 Å². The van der Waals surface area contributed by atoms with Crippen molar-refractivity contribution in [1.82, 2.24) is 4.90 Å². The molecule has 0 aromatic heterocycles. The fraction of sp³-hybridized carbons (Fsp3) is 0.200. The fourth-order valence-electron chi connectivity index (χ4n) is 2.49. The summed E-state index contributed by atoms with van der Waals surface area (Å²) in [6, 6.07) is 32.8. The van der Waals surface area contributed by atoms with Crippen LogP contribution in [0.4, 0.5) is 0 Å². The minimum absolute atomic E-state index is 0.455. The van der Waals surface area contributed by atoms with Gasteiger partial charge in [-0.05, 0) is 38.6 Å². The van der Waals surface area contributed by atoms with E-state index >= 15 is 0 Å². The normalized spacial score (nSPS) is 10.7. The third-order valence-electron chi connectivity index (χ3n) is 4.21. The predicted octanol–water partition coefficient (Wildman–Crippen LogP) is 5.90. The van der Waals surface area contributed by atoms with Crippen molar-refractivity contribution in [3.63, 3.8) is 0 Å². The second kappa shape index (κ2) is 15.4. The number of halogens is 1. The summed E-state index contributed by atoms with van der Waals surface area (Å²) in [4.78, 5) is 2.17. The van der Waals surface area contributed by atoms with E-state index in [1.54, 1.807) is 18.8 Å². The maximum absolute atomic E-state index is 4.61. The van der Waals surface area contributed by atoms with Crippen molar-refractivity contribution in [3.05, 3.63) is 96.6 Å². The van der Waals surface area contributed by atoms with Crippen LogP contribution in [-0.4, -0.2) is 19.0 Å². The standard InChI is InChI=1S/C15H13P.C10H14N.ClH.Pt/c1-2-13-16(14-9-5-3-6-10-14)15-11-7-4-8-12-15;1-9(11(2)3)10-7-5-4-6-8-10;;/h3-12H,1H3;4-7,9H,1-3H3;1H;/q;-1;;+2/p-1/t;9-;;/m.0../s1. The number of benzene rings is 3. The van der Waals surface area contributed by atoms with Crippen LogP contribution in [0.3, 0.4) is 0 Å². The molecule has 0 N–H and O–H groups in total. The SMILES string of the molecule is CC#CP(c1ccccc1)c1ccccc1.C[C@@H](c1[c-]cccc1)N(C)C.[Cl][Pt+]. The van der Waals surface area contributed by atoms with Crippen molar-refractivity contribution in [1.29, 1.82) is 0 Å². The average molecular weight is 603 g/mol. The second-order valence-electron chi connectivity index (χ2n) is 6.33. The quantitative estimate of drug-likeness (QED) is 0.204. The predicted molar refractivity (Wildman–Crippen MR) is 126 cm³/mol. The Labute approximate surface area is 193 Å². The zero-order chi connectivity index (χ0) is 21.5. The molecule has 4 heteroatoms. The molecule has 0 spiro atoms. The molecule has 1 atom stereocenters. The summed E-state index contributed by atoms with van der Waals surface area (Å²) >= 11 is 1.61. The first-order chi connectivity index (χ1) is 14.1. The van der Waals surface area contributed by atoms with Gasteiger partial charge in [-0.3, -0.25) is 0 Å². The number of hydrogen-bond donors (Lipinski definition) is 0. The van der Waals surface area contributed by atoms with Gasteiger partial charge < -0.3 is 4.90 Å². The molecule has 0 aliphatic heterocycles. The van der Waals surface area contributed by atoms with Crippen LogP contribution in [0.5, 0.6) is 0 Å². The molecular weight excluding hydrogens is 576 g/mol. The van der Waals surface area contributed by atoms with E-state index < -0.39 is 7.92 Å². The first-order valence-corrected chi connectivity index (χ1v) is 13.4. The molecule has 0 radical (unpaired) electrons. The third kappa shape index (κ3) is 9.29. The van der Waals surface area contributed by atoms with Gasteiger partial charge in [0.1, 0.15) is 0 Å². The minimum atomic E-state index is -0.512. The van der Waals surface area contributed by atoms with Gasteiger partial charge in [0.15, 0.2) is 0 Å². The average Bonchev–Trinajstić information content (AvgIpc) is 2.80. The molecule has 0 fully saturated rings. The Balaban J connectivity index is 0.000000284. The Hall–Kier alpha value is -1.41. The molecule has 3 aromatic carbocycles. The van der Waals surface area contributed by atoms with E-state index in [2.05, 4.69) is 108 Å². The monoisotopic (exact) mass is 602 g/mol. The van der Waals surface area contributed by atoms with Crippen LogP contribution in [-0.2, 0) is 18.8 Å². The first-order valence-electron chi connectivity index (χ1n) is 9.21. The van der Waals surface area contributed by atoms with Crippen LogP contribution >= 0.6 is 17.3 Å². The van der Waals surface area contributed by atoms with Gasteiger partial charge in [-0.1, -0.05) is 66.3 Å². The van der Waals surface area contributed by atoms with Gasteiger partial charge in [0.25, 0.3) is 0 Å². The summed E-state index contributed by atoms with van der Waals surface area (Å²) < 4.78 is 0. The van der Waals surface area contributed by atoms with Crippen molar-refractivity contribution in [2.24, 2.45) is 0 Å². The van der Waals surface area contributed by atoms with E-state index in [-0.39, 0.29) is 0 Å². The Bertz CT molecular complexity index is 806. The van der Waals surface area contributed by atoms with Gasteiger partial charge in [0.05, 0.1) is 0 Å². The summed E-state index contributed by atoms with van der Waals surface area (Å²) in [5.74, 6) is 3.04. The molecule has 0 unspecified atom stereocenters. The number of rotatable bonds is 4. The molecule has 0 amide bonds. The molecule has 0 aliphatic rings. The fourth-order valence-corrected chi connectivity index (χ4v) is 4.21. The zero-order valence-electron chi connectivity index (χ0n) is 17.2. The molecule has 3 rings (SSSR count). The van der Waals surface area contributed by atoms with E-state index in [1.165, 1.54) is 16.2 Å². The summed E-state index contributed by atoms with van der Waals surface area (Å²) in [5.41, 5.74) is 4.58. The molecule has 0 saturated carbocycles. The van der Waals surface area contributed by atoms with Crippen molar-refractivity contribution < 1.29 is 18.8 Å². The van der Waals surface area contributed by atoms with E-state index in [0.717, 1.165) is 0 Å². The van der Waals surface area contributed by atoms with Crippen molar-refractivity contribution in [2.45, 2.75) is 19.9 Å². The Morgan fingerprint density at radius 3 is 1.72 bits per heavy atom. The van der Waals surface area contributed by atoms with Gasteiger partial charge >= 0.3 is 28.2 Å². The Morgan fingerprint density at radius 2 is 1.34 bits per heavy atom. The van der Waals surface area contributed by atoms with Crippen LogP contribution in [0.25, 0.3) is 0 Å². The van der Waals surface area contributed by atoms with Crippen molar-refractivity contribution >= 4 is 27.9 Å². The Morgan fingerprint density at radius 1 is 0.862 bits per heavy atom. The van der Waals surface area contributed by atoms with Crippen LogP contribution < -0.4 is 10.6 Å². The van der Waals surface area contributed by atoms with Gasteiger partial charge in [-0.25, -0.2) is 0 Å². The molecule has 0 bridgehead atoms. The first kappa shape index (κ1) is 25.6. The van der Waals surface area contributed by atoms with Gasteiger partial charge in [0.2, 0.25) is 0 Å². The molecule has 154 valence electrons. The van der Waals surface area contributed by atoms with Crippen LogP contribution in [0.15, 0.2) is 84.9 Å². The van der Waals surface area contributed by atoms with Crippen LogP contribution in [0.1, 0.15) is 25.5 Å². The third-order valence-corrected chi connectivity index (χ3v) is 6.29. The molecule has 0 heterocycles. The Kier molecular flexibility index (Phi) is 13.6. The molecule has 3 aromatic rings. The summed E-state index contributed by atoms with van der Waals surface area (Å²) in [6.07, 6.45) is 0. The van der Waals surface area contributed by atoms with Gasteiger partial charge in [-0.15, -0.1) is 11.5 Å². The summed E-state index contributed by atoms with van der Waals surface area (Å²) in [5, 5.41) is 2.64. The second-order valence-corrected chi connectivity index (χ2v) is 8.25. The number of hydrogen-bond acceptors (Lipinski definition) is 1. The van der Waals surface area contributed by atoms with Crippen LogP contribution in [0, 0.1) is 17.6 Å². The van der Waals surface area contributed by atoms with Gasteiger partial charge in [0, 0.05) is 14.0 Å². The topological polar surface area (TPSA) is 3.24 Å². The molecule has 0 saturated heterocycles.